The van der Waals surface area contributed by atoms with Crippen LogP contribution in [-0.4, -0.2) is 296 Å². The predicted molar refractivity (Wildman–Crippen MR) is 303 cm³/mol. The maximum Gasteiger partial charge on any atom is 0.187 e. The van der Waals surface area contributed by atoms with E-state index in [-0.39, 0.29) is 40.9 Å². The van der Waals surface area contributed by atoms with Gasteiger partial charge in [0.15, 0.2) is 31.5 Å². The van der Waals surface area contributed by atoms with Crippen LogP contribution in [0.25, 0.3) is 0 Å². The second-order valence-electron chi connectivity index (χ2n) is 29.0. The molecular weight excluding hydrogens is 1180 g/mol. The molecule has 9 rings (SSSR count). The second kappa shape index (κ2) is 27.6. The minimum absolute atomic E-state index is 0.0160. The lowest BCUT2D eigenvalue weighted by atomic mass is 9.38. The quantitative estimate of drug-likeness (QED) is 0.0515. The molecule has 18 N–H and O–H groups in total. The number of allylic oxidation sites excluding steroid dienone is 1. The summed E-state index contributed by atoms with van der Waals surface area (Å²) < 4.78 is 60.1. The smallest absolute Gasteiger partial charge is 0.187 e. The fraction of sp³-hybridized carbons (Fsp3) is 0.967. The molecule has 35 atom stereocenters. The number of aliphatic hydroxyl groups is 18. The Kier molecular flexibility index (Phi) is 22.3. The van der Waals surface area contributed by atoms with Crippen molar-refractivity contribution in [2.45, 2.75) is 285 Å². The Morgan fingerprint density at radius 3 is 1.61 bits per heavy atom. The van der Waals surface area contributed by atoms with E-state index in [1.54, 1.807) is 0 Å². The third-order valence-electron chi connectivity index (χ3n) is 23.3. The van der Waals surface area contributed by atoms with Crippen LogP contribution in [0.2, 0.25) is 0 Å². The summed E-state index contributed by atoms with van der Waals surface area (Å²) in [5.41, 5.74) is -2.25. The molecule has 5 heterocycles. The molecule has 0 aromatic heterocycles. The van der Waals surface area contributed by atoms with Gasteiger partial charge in [0.1, 0.15) is 110 Å². The summed E-state index contributed by atoms with van der Waals surface area (Å²) in [6, 6.07) is 0. The van der Waals surface area contributed by atoms with E-state index >= 15 is 0 Å². The van der Waals surface area contributed by atoms with Crippen LogP contribution in [0.1, 0.15) is 114 Å². The van der Waals surface area contributed by atoms with Crippen LogP contribution >= 0.6 is 0 Å². The van der Waals surface area contributed by atoms with Crippen LogP contribution < -0.4 is 0 Å². The molecule has 0 aromatic rings. The summed E-state index contributed by atoms with van der Waals surface area (Å²) >= 11 is 0. The maximum atomic E-state index is 12.8. The molecule has 0 radical (unpaired) electrons. The summed E-state index contributed by atoms with van der Waals surface area (Å²) in [4.78, 5) is 0. The normalized spacial score (nSPS) is 51.8. The molecule has 5 saturated heterocycles. The molecule has 0 amide bonds. The van der Waals surface area contributed by atoms with Crippen molar-refractivity contribution in [2.24, 2.45) is 51.2 Å². The van der Waals surface area contributed by atoms with E-state index in [2.05, 4.69) is 47.6 Å². The lowest BCUT2D eigenvalue weighted by molar-refractivity contribution is -0.391. The van der Waals surface area contributed by atoms with Gasteiger partial charge in [0.05, 0.1) is 63.1 Å². The maximum absolute atomic E-state index is 12.8. The Labute approximate surface area is 518 Å². The van der Waals surface area contributed by atoms with Gasteiger partial charge in [-0.05, 0) is 99.7 Å². The first kappa shape index (κ1) is 71.9. The summed E-state index contributed by atoms with van der Waals surface area (Å²) in [7, 11) is 0. The van der Waals surface area contributed by atoms with Gasteiger partial charge in [0.2, 0.25) is 0 Å². The molecule has 3 unspecified atom stereocenters. The molecule has 5 aliphatic heterocycles. The van der Waals surface area contributed by atoms with Gasteiger partial charge in [-0.15, -0.1) is 0 Å². The highest BCUT2D eigenvalue weighted by Crippen LogP contribution is 2.75. The molecule has 89 heavy (non-hydrogen) atoms. The van der Waals surface area contributed by atoms with Gasteiger partial charge in [-0.2, -0.15) is 0 Å². The number of hydrogen-bond donors (Lipinski definition) is 18. The van der Waals surface area contributed by atoms with Crippen molar-refractivity contribution in [3.8, 4) is 0 Å². The van der Waals surface area contributed by atoms with Crippen LogP contribution in [-0.2, 0) is 47.4 Å². The second-order valence-corrected chi connectivity index (χ2v) is 29.0. The zero-order chi connectivity index (χ0) is 65.5. The average Bonchev–Trinajstić information content (AvgIpc) is 1.66. The molecule has 3 saturated carbocycles. The highest BCUT2D eigenvalue weighted by molar-refractivity contribution is 5.32. The number of fused-ring (bicyclic) bond motifs is 5. The largest absolute Gasteiger partial charge is 0.394 e. The summed E-state index contributed by atoms with van der Waals surface area (Å²) in [5.74, 6) is -0.733. The number of hydrogen-bond acceptors (Lipinski definition) is 28. The van der Waals surface area contributed by atoms with Gasteiger partial charge in [-0.1, -0.05) is 60.1 Å². The van der Waals surface area contributed by atoms with Gasteiger partial charge in [-0.3, -0.25) is 0 Å². The lowest BCUT2D eigenvalue weighted by Gasteiger charge is -2.67. The predicted octanol–water partition coefficient (Wildman–Crippen LogP) is -4.13. The first-order valence-electron chi connectivity index (χ1n) is 31.9. The highest BCUT2D eigenvalue weighted by atomic mass is 16.8. The lowest BCUT2D eigenvalue weighted by Crippen LogP contribution is -2.67. The van der Waals surface area contributed by atoms with E-state index in [0.717, 1.165) is 18.4 Å². The monoisotopic (exact) mass is 1280 g/mol. The molecule has 9 aliphatic rings. The van der Waals surface area contributed by atoms with E-state index in [9.17, 15) is 91.9 Å². The Morgan fingerprint density at radius 1 is 0.539 bits per heavy atom. The van der Waals surface area contributed by atoms with Gasteiger partial charge in [-0.25, -0.2) is 0 Å². The fourth-order valence-corrected chi connectivity index (χ4v) is 17.3. The van der Waals surface area contributed by atoms with Crippen molar-refractivity contribution in [3.05, 3.63) is 11.6 Å². The van der Waals surface area contributed by atoms with Gasteiger partial charge in [0.25, 0.3) is 0 Å². The average molecular weight is 1290 g/mol. The third-order valence-corrected chi connectivity index (χ3v) is 23.3. The van der Waals surface area contributed by atoms with Gasteiger partial charge in [0, 0.05) is 16.7 Å². The molecule has 28 heteroatoms. The number of rotatable bonds is 20. The van der Waals surface area contributed by atoms with Crippen molar-refractivity contribution in [2.75, 3.05) is 33.0 Å². The molecule has 28 nitrogen and oxygen atoms in total. The summed E-state index contributed by atoms with van der Waals surface area (Å²) in [5, 5.41) is 197. The summed E-state index contributed by atoms with van der Waals surface area (Å²) in [6.07, 6.45) is -34.7. The molecular formula is C61H104O28. The Balaban J connectivity index is 0.920. The van der Waals surface area contributed by atoms with Crippen molar-refractivity contribution in [1.82, 2.24) is 0 Å². The molecule has 516 valence electrons. The van der Waals surface area contributed by atoms with E-state index < -0.39 is 221 Å². The SMILES string of the molecule is C[C@@H]1[C@@H](O)[C@@H](OC[C@H]2O[C@@H](O[C@H](CC[C@@H](C)C3CC[C@@]4(C)C5CC=C6C(CC[C@H](O[C@@H]7O[C@H](CO)[C@@H](O)[C@H](O)[C@H]7O)C6(C)C)[C@]5(C)[C@H](O)C[C@]34C)C(C)(C)O)[C@H](O[C@@H]3O[C@H](CO)[C@@H](O[C@H]4O[C@H](CO)[C@@H](O)[C@H](O)[C@H]4O)[C@H](O)[C@H]3O)[C@@H](O)[C@@H]2O)O[C@H](CO)[C@H]1O. The van der Waals surface area contributed by atoms with Crippen LogP contribution in [0.4, 0.5) is 0 Å². The van der Waals surface area contributed by atoms with Crippen molar-refractivity contribution >= 4 is 0 Å². The minimum atomic E-state index is -2.10. The zero-order valence-corrected chi connectivity index (χ0v) is 52.4. The van der Waals surface area contributed by atoms with Crippen LogP contribution in [0, 0.1) is 51.2 Å². The Bertz CT molecular complexity index is 2340. The van der Waals surface area contributed by atoms with Crippen LogP contribution in [0.5, 0.6) is 0 Å². The molecule has 0 aromatic carbocycles. The van der Waals surface area contributed by atoms with Gasteiger partial charge >= 0.3 is 0 Å². The first-order chi connectivity index (χ1) is 41.7. The number of ether oxygens (including phenoxy) is 10. The van der Waals surface area contributed by atoms with Crippen LogP contribution in [0.15, 0.2) is 11.6 Å². The van der Waals surface area contributed by atoms with E-state index in [1.807, 2.05) is 0 Å². The molecule has 4 aliphatic carbocycles. The third kappa shape index (κ3) is 13.0. The molecule has 0 spiro atoms. The molecule has 0 bridgehead atoms. The zero-order valence-electron chi connectivity index (χ0n) is 52.4. The van der Waals surface area contributed by atoms with Crippen LogP contribution in [0.3, 0.4) is 0 Å². The summed E-state index contributed by atoms with van der Waals surface area (Å²) in [6.45, 7) is 14.2. The number of aliphatic hydroxyl groups excluding tert-OH is 17. The van der Waals surface area contributed by atoms with Crippen molar-refractivity contribution in [1.29, 1.82) is 0 Å². The highest BCUT2D eigenvalue weighted by Gasteiger charge is 2.70. The topological polar surface area (TPSA) is 456 Å². The first-order valence-corrected chi connectivity index (χ1v) is 31.9. The fourth-order valence-electron chi connectivity index (χ4n) is 17.3. The van der Waals surface area contributed by atoms with E-state index in [0.29, 0.717) is 32.1 Å². The van der Waals surface area contributed by atoms with E-state index in [1.165, 1.54) is 20.8 Å². The van der Waals surface area contributed by atoms with Crippen molar-refractivity contribution < 1.29 is 139 Å². The standard InChI is InChI=1S/C61H104O28/c1-24(26-16-17-59(7)34-13-11-27-28(61(34,9)35(66)18-60(26,59)8)12-15-36(57(27,3)4)86-53-47(76)43(72)40(69)30(20-63)82-53)10-14-37(58(5,6)79)87-56-51(45(74)42(71)33(85-56)23-80-52-39(68)25(2)38(67)29(19-62)81-52)89-55-49(78)46(75)50(32(22-65)84-55)88-54-48(77)44(73)41(70)31(21-64)83-54/h11,24-26,28-56,62-79H,10,12-23H2,1-9H3/t24-,25+,26?,28?,29-,30-,31-,32-,33-,34?,35-,36+,37-,38+,39-,40-,41-,42-,43+,44+,45+,46-,47-,48-,49-,50-,51-,52+,53+,54-,55+,56+,59+,60-,61+/m1/s1. The van der Waals surface area contributed by atoms with Gasteiger partial charge < -0.3 is 139 Å². The van der Waals surface area contributed by atoms with E-state index in [4.69, 9.17) is 47.4 Å². The minimum Gasteiger partial charge on any atom is -0.394 e. The molecule has 8 fully saturated rings. The Morgan fingerprint density at radius 2 is 1.03 bits per heavy atom. The van der Waals surface area contributed by atoms with Crippen molar-refractivity contribution in [3.63, 3.8) is 0 Å². The Hall–Kier alpha value is -1.38.